The van der Waals surface area contributed by atoms with Crippen LogP contribution in [-0.2, 0) is 6.54 Å². The fraction of sp³-hybridized carbons (Fsp3) is 0.500. The summed E-state index contributed by atoms with van der Waals surface area (Å²) in [5, 5.41) is 10.7. The molecule has 1 atom stereocenters. The normalized spacial score (nSPS) is 12.8. The van der Waals surface area contributed by atoms with Gasteiger partial charge in [-0.1, -0.05) is 0 Å². The number of rotatable bonds is 4. The number of nitriles is 1. The lowest BCUT2D eigenvalue weighted by Crippen LogP contribution is -2.27. The molecule has 0 aliphatic carbocycles. The second-order valence-electron chi connectivity index (χ2n) is 3.39. The first-order valence-electron chi connectivity index (χ1n) is 4.43. The number of nitrogens with zero attached hydrogens (tertiary/aromatic N) is 2. The van der Waals surface area contributed by atoms with Gasteiger partial charge in [-0.2, -0.15) is 5.26 Å². The molecule has 0 aromatic carbocycles. The quantitative estimate of drug-likeness (QED) is 0.842. The van der Waals surface area contributed by atoms with Crippen molar-refractivity contribution >= 4 is 27.3 Å². The third kappa shape index (κ3) is 3.41. The first-order valence-corrected chi connectivity index (χ1v) is 6.11. The van der Waals surface area contributed by atoms with Gasteiger partial charge in [-0.25, -0.2) is 0 Å². The van der Waals surface area contributed by atoms with Gasteiger partial charge in [0.05, 0.1) is 16.3 Å². The second-order valence-corrected chi connectivity index (χ2v) is 5.68. The minimum absolute atomic E-state index is 0.318. The van der Waals surface area contributed by atoms with Crippen LogP contribution in [0.15, 0.2) is 15.2 Å². The van der Waals surface area contributed by atoms with Crippen molar-refractivity contribution < 1.29 is 0 Å². The minimum Gasteiger partial charge on any atom is -0.298 e. The summed E-state index contributed by atoms with van der Waals surface area (Å²) in [5.74, 6) is 0. The molecule has 14 heavy (non-hydrogen) atoms. The fourth-order valence-corrected chi connectivity index (χ4v) is 2.36. The lowest BCUT2D eigenvalue weighted by Gasteiger charge is -2.21. The van der Waals surface area contributed by atoms with Crippen molar-refractivity contribution in [2.75, 3.05) is 7.05 Å². The maximum Gasteiger partial charge on any atom is 0.0701 e. The number of thiophene rings is 1. The molecule has 0 N–H and O–H groups in total. The summed E-state index contributed by atoms with van der Waals surface area (Å²) in [6.45, 7) is 2.98. The van der Waals surface area contributed by atoms with Crippen molar-refractivity contribution in [1.82, 2.24) is 4.90 Å². The Balaban J connectivity index is 2.49. The molecule has 2 nitrogen and oxygen atoms in total. The van der Waals surface area contributed by atoms with E-state index in [1.807, 2.05) is 7.05 Å². The van der Waals surface area contributed by atoms with E-state index in [1.165, 1.54) is 5.56 Å². The summed E-state index contributed by atoms with van der Waals surface area (Å²) in [6.07, 6.45) is 0.585. The third-order valence-corrected chi connectivity index (χ3v) is 3.75. The molecule has 4 heteroatoms. The Bertz CT molecular complexity index is 329. The SMILES string of the molecule is CC(CC#N)N(C)Cc1csc(Br)c1. The fourth-order valence-electron chi connectivity index (χ4n) is 1.16. The largest absolute Gasteiger partial charge is 0.298 e. The summed E-state index contributed by atoms with van der Waals surface area (Å²) >= 11 is 5.13. The number of hydrogen-bond acceptors (Lipinski definition) is 3. The van der Waals surface area contributed by atoms with Gasteiger partial charge in [-0.05, 0) is 46.9 Å². The van der Waals surface area contributed by atoms with E-state index in [2.05, 4.69) is 45.3 Å². The third-order valence-electron chi connectivity index (χ3n) is 2.19. The summed E-state index contributed by atoms with van der Waals surface area (Å²) in [6, 6.07) is 4.63. The minimum atomic E-state index is 0.318. The van der Waals surface area contributed by atoms with Crippen LogP contribution < -0.4 is 0 Å². The Kier molecular flexibility index (Phi) is 4.59. The summed E-state index contributed by atoms with van der Waals surface area (Å²) in [7, 11) is 2.05. The van der Waals surface area contributed by atoms with E-state index in [0.29, 0.717) is 12.5 Å². The van der Waals surface area contributed by atoms with E-state index in [9.17, 15) is 0 Å². The highest BCUT2D eigenvalue weighted by Gasteiger charge is 2.09. The molecule has 0 saturated heterocycles. The van der Waals surface area contributed by atoms with Gasteiger partial charge in [0.2, 0.25) is 0 Å². The monoisotopic (exact) mass is 272 g/mol. The molecule has 0 fully saturated rings. The molecule has 1 aromatic heterocycles. The molecule has 1 unspecified atom stereocenters. The van der Waals surface area contributed by atoms with Crippen molar-refractivity contribution in [3.8, 4) is 6.07 Å². The first kappa shape index (κ1) is 11.7. The summed E-state index contributed by atoms with van der Waals surface area (Å²) in [5.41, 5.74) is 1.30. The van der Waals surface area contributed by atoms with Crippen LogP contribution in [0.5, 0.6) is 0 Å². The van der Waals surface area contributed by atoms with Crippen molar-refractivity contribution in [1.29, 1.82) is 5.26 Å². The predicted molar refractivity (Wildman–Crippen MR) is 63.2 cm³/mol. The van der Waals surface area contributed by atoms with Gasteiger partial charge in [-0.15, -0.1) is 11.3 Å². The Morgan fingerprint density at radius 1 is 1.71 bits per heavy atom. The topological polar surface area (TPSA) is 27.0 Å². The van der Waals surface area contributed by atoms with Crippen LogP contribution in [0.4, 0.5) is 0 Å². The van der Waals surface area contributed by atoms with Gasteiger partial charge in [0.1, 0.15) is 0 Å². The van der Waals surface area contributed by atoms with Crippen LogP contribution in [0.2, 0.25) is 0 Å². The molecule has 0 bridgehead atoms. The summed E-state index contributed by atoms with van der Waals surface area (Å²) in [4.78, 5) is 2.19. The average Bonchev–Trinajstić information content (AvgIpc) is 2.51. The van der Waals surface area contributed by atoms with Crippen LogP contribution >= 0.6 is 27.3 Å². The average molecular weight is 273 g/mol. The zero-order valence-electron chi connectivity index (χ0n) is 8.33. The van der Waals surface area contributed by atoms with E-state index < -0.39 is 0 Å². The Labute approximate surface area is 97.3 Å². The van der Waals surface area contributed by atoms with Crippen molar-refractivity contribution in [3.05, 3.63) is 20.8 Å². The van der Waals surface area contributed by atoms with Crippen molar-refractivity contribution in [2.24, 2.45) is 0 Å². The maximum atomic E-state index is 8.57. The number of hydrogen-bond donors (Lipinski definition) is 0. The molecule has 0 aliphatic rings. The highest BCUT2D eigenvalue weighted by atomic mass is 79.9. The molecule has 0 spiro atoms. The van der Waals surface area contributed by atoms with Gasteiger partial charge in [0.25, 0.3) is 0 Å². The molecule has 0 saturated carbocycles. The van der Waals surface area contributed by atoms with Crippen molar-refractivity contribution in [3.63, 3.8) is 0 Å². The lowest BCUT2D eigenvalue weighted by atomic mass is 10.2. The van der Waals surface area contributed by atoms with Gasteiger partial charge in [0, 0.05) is 12.6 Å². The zero-order valence-corrected chi connectivity index (χ0v) is 10.7. The van der Waals surface area contributed by atoms with E-state index in [-0.39, 0.29) is 0 Å². The smallest absolute Gasteiger partial charge is 0.0701 e. The molecule has 0 amide bonds. The molecule has 1 rings (SSSR count). The van der Waals surface area contributed by atoms with E-state index >= 15 is 0 Å². The Morgan fingerprint density at radius 3 is 2.93 bits per heavy atom. The van der Waals surface area contributed by atoms with E-state index in [0.717, 1.165) is 10.3 Å². The Morgan fingerprint density at radius 2 is 2.43 bits per heavy atom. The second kappa shape index (κ2) is 5.50. The molecule has 76 valence electrons. The van der Waals surface area contributed by atoms with Crippen LogP contribution in [0, 0.1) is 11.3 Å². The van der Waals surface area contributed by atoms with E-state index in [1.54, 1.807) is 11.3 Å². The van der Waals surface area contributed by atoms with Crippen LogP contribution in [0.1, 0.15) is 18.9 Å². The van der Waals surface area contributed by atoms with Gasteiger partial charge >= 0.3 is 0 Å². The van der Waals surface area contributed by atoms with Gasteiger partial charge in [0.15, 0.2) is 0 Å². The van der Waals surface area contributed by atoms with Crippen LogP contribution in [-0.4, -0.2) is 18.0 Å². The molecular weight excluding hydrogens is 260 g/mol. The Hall–Kier alpha value is -0.370. The maximum absolute atomic E-state index is 8.57. The summed E-state index contributed by atoms with van der Waals surface area (Å²) < 4.78 is 1.16. The first-order chi connectivity index (χ1) is 6.63. The van der Waals surface area contributed by atoms with Crippen LogP contribution in [0.25, 0.3) is 0 Å². The van der Waals surface area contributed by atoms with Crippen molar-refractivity contribution in [2.45, 2.75) is 25.9 Å². The predicted octanol–water partition coefficient (Wildman–Crippen LogP) is 3.24. The zero-order chi connectivity index (χ0) is 10.6. The van der Waals surface area contributed by atoms with Crippen LogP contribution in [0.3, 0.4) is 0 Å². The standard InChI is InChI=1S/C10H13BrN2S/c1-8(3-4-12)13(2)6-9-5-10(11)14-7-9/h5,7-8H,3,6H2,1-2H3. The molecule has 1 aromatic rings. The molecular formula is C10H13BrN2S. The highest BCUT2D eigenvalue weighted by molar-refractivity contribution is 9.11. The molecule has 0 radical (unpaired) electrons. The highest BCUT2D eigenvalue weighted by Crippen LogP contribution is 2.22. The molecule has 0 aliphatic heterocycles. The number of halogens is 1. The van der Waals surface area contributed by atoms with Gasteiger partial charge < -0.3 is 0 Å². The molecule has 1 heterocycles. The van der Waals surface area contributed by atoms with Gasteiger partial charge in [-0.3, -0.25) is 4.90 Å². The lowest BCUT2D eigenvalue weighted by molar-refractivity contribution is 0.253. The van der Waals surface area contributed by atoms with E-state index in [4.69, 9.17) is 5.26 Å².